The molecule has 0 saturated heterocycles. The fourth-order valence-electron chi connectivity index (χ4n) is 2.66. The predicted octanol–water partition coefficient (Wildman–Crippen LogP) is 4.84. The third kappa shape index (κ3) is 7.86. The Morgan fingerprint density at radius 2 is 1.66 bits per heavy atom. The van der Waals surface area contributed by atoms with Crippen LogP contribution in [0.5, 0.6) is 11.5 Å². The number of benzene rings is 2. The van der Waals surface area contributed by atoms with Crippen molar-refractivity contribution in [2.24, 2.45) is 0 Å². The van der Waals surface area contributed by atoms with Crippen molar-refractivity contribution in [2.75, 3.05) is 25.1 Å². The van der Waals surface area contributed by atoms with Crippen LogP contribution in [0.2, 0.25) is 0 Å². The molecule has 0 aliphatic heterocycles. The Bertz CT molecular complexity index is 773. The summed E-state index contributed by atoms with van der Waals surface area (Å²) < 4.78 is 16.2. The first-order chi connectivity index (χ1) is 14.1. The van der Waals surface area contributed by atoms with E-state index in [-0.39, 0.29) is 6.61 Å². The van der Waals surface area contributed by atoms with Gasteiger partial charge in [-0.2, -0.15) is 0 Å². The molecule has 6 heteroatoms. The molecule has 0 saturated carbocycles. The van der Waals surface area contributed by atoms with E-state index in [2.05, 4.69) is 12.2 Å². The summed E-state index contributed by atoms with van der Waals surface area (Å²) >= 11 is 0. The van der Waals surface area contributed by atoms with Crippen molar-refractivity contribution in [1.82, 2.24) is 0 Å². The smallest absolute Gasteiger partial charge is 0.338 e. The van der Waals surface area contributed by atoms with Gasteiger partial charge in [0.2, 0.25) is 0 Å². The number of hydrogen-bond acceptors (Lipinski definition) is 5. The molecule has 2 aromatic carbocycles. The number of carbonyl (C=O) groups is 2. The van der Waals surface area contributed by atoms with Crippen LogP contribution in [0.4, 0.5) is 5.69 Å². The van der Waals surface area contributed by atoms with E-state index < -0.39 is 11.9 Å². The maximum atomic E-state index is 12.1. The molecule has 156 valence electrons. The summed E-state index contributed by atoms with van der Waals surface area (Å²) in [6.07, 6.45) is 4.56. The van der Waals surface area contributed by atoms with Crippen LogP contribution >= 0.6 is 0 Å². The lowest BCUT2D eigenvalue weighted by Crippen LogP contribution is -2.21. The second-order valence-electron chi connectivity index (χ2n) is 6.49. The second-order valence-corrected chi connectivity index (χ2v) is 6.49. The van der Waals surface area contributed by atoms with Crippen LogP contribution in [0.3, 0.4) is 0 Å². The van der Waals surface area contributed by atoms with Crippen LogP contribution in [-0.4, -0.2) is 31.7 Å². The van der Waals surface area contributed by atoms with Crippen molar-refractivity contribution in [2.45, 2.75) is 39.5 Å². The number of unbranched alkanes of at least 4 members (excludes halogenated alkanes) is 3. The van der Waals surface area contributed by atoms with E-state index in [9.17, 15) is 9.59 Å². The molecular formula is C23H29NO5. The normalized spacial score (nSPS) is 10.3. The minimum atomic E-state index is -0.562. The fraction of sp³-hybridized carbons (Fsp3) is 0.391. The van der Waals surface area contributed by atoms with Crippen LogP contribution in [0.1, 0.15) is 49.9 Å². The van der Waals surface area contributed by atoms with E-state index in [1.807, 2.05) is 13.0 Å². The van der Waals surface area contributed by atoms with E-state index in [1.165, 1.54) is 12.8 Å². The van der Waals surface area contributed by atoms with Crippen LogP contribution in [0.25, 0.3) is 0 Å². The molecule has 0 heterocycles. The van der Waals surface area contributed by atoms with Gasteiger partial charge in [0.05, 0.1) is 24.5 Å². The molecule has 0 aliphatic rings. The number of rotatable bonds is 12. The van der Waals surface area contributed by atoms with Gasteiger partial charge in [-0.05, 0) is 49.7 Å². The molecule has 6 nitrogen and oxygen atoms in total. The lowest BCUT2D eigenvalue weighted by Gasteiger charge is -2.11. The quantitative estimate of drug-likeness (QED) is 0.408. The summed E-state index contributed by atoms with van der Waals surface area (Å²) in [5, 5.41) is 2.69. The average Bonchev–Trinajstić information content (AvgIpc) is 2.74. The van der Waals surface area contributed by atoms with Gasteiger partial charge in [-0.15, -0.1) is 0 Å². The number of esters is 1. The van der Waals surface area contributed by atoms with Gasteiger partial charge in [-0.1, -0.05) is 38.3 Å². The number of anilines is 1. The lowest BCUT2D eigenvalue weighted by molar-refractivity contribution is -0.119. The number of nitrogens with one attached hydrogen (secondary N) is 1. The van der Waals surface area contributed by atoms with Crippen LogP contribution in [0.15, 0.2) is 48.5 Å². The van der Waals surface area contributed by atoms with Crippen LogP contribution in [0, 0.1) is 0 Å². The highest BCUT2D eigenvalue weighted by Gasteiger charge is 2.12. The number of ether oxygens (including phenoxy) is 3. The Kier molecular flexibility index (Phi) is 9.55. The second kappa shape index (κ2) is 12.4. The molecule has 0 atom stereocenters. The predicted molar refractivity (Wildman–Crippen MR) is 113 cm³/mol. The standard InChI is InChI=1S/C23H29NO5/c1-3-5-6-9-16-28-19-14-12-18(13-15-19)23(26)29-17-22(25)24-20-10-7-8-11-21(20)27-4-2/h7-8,10-15H,3-6,9,16-17H2,1-2H3,(H,24,25). The molecule has 1 N–H and O–H groups in total. The van der Waals surface area contributed by atoms with Gasteiger partial charge >= 0.3 is 5.97 Å². The lowest BCUT2D eigenvalue weighted by atomic mass is 10.2. The Hall–Kier alpha value is -3.02. The zero-order valence-electron chi connectivity index (χ0n) is 17.1. The molecule has 1 amide bonds. The molecular weight excluding hydrogens is 370 g/mol. The first-order valence-corrected chi connectivity index (χ1v) is 10.1. The monoisotopic (exact) mass is 399 g/mol. The topological polar surface area (TPSA) is 73.9 Å². The Morgan fingerprint density at radius 3 is 2.38 bits per heavy atom. The van der Waals surface area contributed by atoms with Gasteiger partial charge in [0, 0.05) is 0 Å². The highest BCUT2D eigenvalue weighted by molar-refractivity contribution is 5.96. The number of carbonyl (C=O) groups excluding carboxylic acids is 2. The molecule has 0 bridgehead atoms. The molecule has 29 heavy (non-hydrogen) atoms. The third-order valence-corrected chi connectivity index (χ3v) is 4.15. The van der Waals surface area contributed by atoms with Crippen LogP contribution in [-0.2, 0) is 9.53 Å². The summed E-state index contributed by atoms with van der Waals surface area (Å²) in [6.45, 7) is 4.80. The summed E-state index contributed by atoms with van der Waals surface area (Å²) in [5.74, 6) is 0.286. The van der Waals surface area contributed by atoms with E-state index in [1.54, 1.807) is 42.5 Å². The summed E-state index contributed by atoms with van der Waals surface area (Å²) in [6, 6.07) is 13.8. The summed E-state index contributed by atoms with van der Waals surface area (Å²) in [5.41, 5.74) is 0.904. The summed E-state index contributed by atoms with van der Waals surface area (Å²) in [4.78, 5) is 24.2. The van der Waals surface area contributed by atoms with E-state index >= 15 is 0 Å². The van der Waals surface area contributed by atoms with E-state index in [0.29, 0.717) is 36.0 Å². The number of para-hydroxylation sites is 2. The van der Waals surface area contributed by atoms with Gasteiger partial charge in [0.25, 0.3) is 5.91 Å². The number of amides is 1. The van der Waals surface area contributed by atoms with Gasteiger partial charge in [-0.3, -0.25) is 4.79 Å². The van der Waals surface area contributed by atoms with Gasteiger partial charge in [-0.25, -0.2) is 4.79 Å². The Balaban J connectivity index is 1.77. The molecule has 0 aliphatic carbocycles. The largest absolute Gasteiger partial charge is 0.494 e. The Labute approximate surface area is 172 Å². The van der Waals surface area contributed by atoms with Crippen molar-refractivity contribution in [3.8, 4) is 11.5 Å². The molecule has 0 fully saturated rings. The third-order valence-electron chi connectivity index (χ3n) is 4.15. The number of hydrogen-bond donors (Lipinski definition) is 1. The maximum Gasteiger partial charge on any atom is 0.338 e. The molecule has 0 unspecified atom stereocenters. The minimum absolute atomic E-state index is 0.367. The summed E-state index contributed by atoms with van der Waals surface area (Å²) in [7, 11) is 0. The maximum absolute atomic E-state index is 12.1. The fourth-order valence-corrected chi connectivity index (χ4v) is 2.66. The highest BCUT2D eigenvalue weighted by atomic mass is 16.5. The van der Waals surface area contributed by atoms with Crippen molar-refractivity contribution >= 4 is 17.6 Å². The zero-order chi connectivity index (χ0) is 20.9. The zero-order valence-corrected chi connectivity index (χ0v) is 17.1. The first kappa shape index (κ1) is 22.3. The Morgan fingerprint density at radius 1 is 0.897 bits per heavy atom. The van der Waals surface area contributed by atoms with E-state index in [0.717, 1.165) is 12.8 Å². The van der Waals surface area contributed by atoms with Gasteiger partial charge in [0.1, 0.15) is 11.5 Å². The van der Waals surface area contributed by atoms with Crippen molar-refractivity contribution in [1.29, 1.82) is 0 Å². The van der Waals surface area contributed by atoms with Crippen molar-refractivity contribution in [3.05, 3.63) is 54.1 Å². The molecule has 2 aromatic rings. The SMILES string of the molecule is CCCCCCOc1ccc(C(=O)OCC(=O)Nc2ccccc2OCC)cc1. The molecule has 0 radical (unpaired) electrons. The van der Waals surface area contributed by atoms with Gasteiger partial charge in [0.15, 0.2) is 6.61 Å². The highest BCUT2D eigenvalue weighted by Crippen LogP contribution is 2.23. The molecule has 0 aromatic heterocycles. The van der Waals surface area contributed by atoms with Gasteiger partial charge < -0.3 is 19.5 Å². The van der Waals surface area contributed by atoms with Crippen LogP contribution < -0.4 is 14.8 Å². The first-order valence-electron chi connectivity index (χ1n) is 10.1. The molecule has 2 rings (SSSR count). The average molecular weight is 399 g/mol. The van der Waals surface area contributed by atoms with Crippen molar-refractivity contribution < 1.29 is 23.8 Å². The van der Waals surface area contributed by atoms with Crippen molar-refractivity contribution in [3.63, 3.8) is 0 Å². The molecule has 0 spiro atoms. The minimum Gasteiger partial charge on any atom is -0.494 e. The van der Waals surface area contributed by atoms with E-state index in [4.69, 9.17) is 14.2 Å².